The highest BCUT2D eigenvalue weighted by molar-refractivity contribution is 7.80. The SMILES string of the molecule is CN(C)C(=S)ON1C(=O)c2ccccc2C1=O. The number of hydrogen-bond acceptors (Lipinski definition) is 4. The van der Waals surface area contributed by atoms with Crippen LogP contribution < -0.4 is 0 Å². The van der Waals surface area contributed by atoms with E-state index in [1.54, 1.807) is 38.4 Å². The smallest absolute Gasteiger partial charge is 0.295 e. The number of benzene rings is 1. The molecule has 0 atom stereocenters. The third-order valence-electron chi connectivity index (χ3n) is 2.29. The average molecular weight is 250 g/mol. The minimum absolute atomic E-state index is 0.0551. The van der Waals surface area contributed by atoms with Gasteiger partial charge in [-0.3, -0.25) is 9.59 Å². The zero-order chi connectivity index (χ0) is 12.6. The second-order valence-corrected chi connectivity index (χ2v) is 4.05. The van der Waals surface area contributed by atoms with E-state index in [4.69, 9.17) is 17.1 Å². The molecular formula is C11H10N2O3S. The van der Waals surface area contributed by atoms with Crippen molar-refractivity contribution in [3.8, 4) is 0 Å². The molecular weight excluding hydrogens is 240 g/mol. The first-order valence-corrected chi connectivity index (χ1v) is 5.30. The zero-order valence-electron chi connectivity index (χ0n) is 9.34. The highest BCUT2D eigenvalue weighted by atomic mass is 32.1. The first kappa shape index (κ1) is 11.5. The lowest BCUT2D eigenvalue weighted by Gasteiger charge is -2.18. The van der Waals surface area contributed by atoms with Gasteiger partial charge in [0, 0.05) is 14.1 Å². The Morgan fingerprint density at radius 1 is 1.18 bits per heavy atom. The summed E-state index contributed by atoms with van der Waals surface area (Å²) < 4.78 is 0. The molecule has 0 fully saturated rings. The third kappa shape index (κ3) is 1.87. The largest absolute Gasteiger partial charge is 0.338 e. The Morgan fingerprint density at radius 3 is 2.06 bits per heavy atom. The minimum atomic E-state index is -0.491. The van der Waals surface area contributed by atoms with Gasteiger partial charge in [-0.25, -0.2) is 0 Å². The van der Waals surface area contributed by atoms with Crippen LogP contribution in [0.1, 0.15) is 20.7 Å². The zero-order valence-corrected chi connectivity index (χ0v) is 10.2. The van der Waals surface area contributed by atoms with Crippen molar-refractivity contribution in [2.75, 3.05) is 14.1 Å². The molecule has 0 spiro atoms. The Labute approximate surface area is 104 Å². The summed E-state index contributed by atoms with van der Waals surface area (Å²) in [6.07, 6.45) is 0. The Morgan fingerprint density at radius 2 is 1.65 bits per heavy atom. The van der Waals surface area contributed by atoms with E-state index in [1.807, 2.05) is 0 Å². The van der Waals surface area contributed by atoms with Crippen molar-refractivity contribution < 1.29 is 14.4 Å². The van der Waals surface area contributed by atoms with Gasteiger partial charge < -0.3 is 9.74 Å². The number of nitrogens with zero attached hydrogens (tertiary/aromatic N) is 2. The molecule has 2 rings (SSSR count). The summed E-state index contributed by atoms with van der Waals surface area (Å²) in [7, 11) is 3.33. The molecule has 2 amide bonds. The molecule has 0 saturated heterocycles. The van der Waals surface area contributed by atoms with E-state index >= 15 is 0 Å². The van der Waals surface area contributed by atoms with E-state index in [2.05, 4.69) is 0 Å². The number of rotatable bonds is 1. The third-order valence-corrected chi connectivity index (χ3v) is 2.73. The summed E-state index contributed by atoms with van der Waals surface area (Å²) in [5, 5.41) is 0.743. The van der Waals surface area contributed by atoms with Gasteiger partial charge in [0.25, 0.3) is 17.0 Å². The van der Waals surface area contributed by atoms with Gasteiger partial charge in [0.1, 0.15) is 0 Å². The van der Waals surface area contributed by atoms with Crippen LogP contribution in [-0.4, -0.2) is 41.0 Å². The Kier molecular flexibility index (Phi) is 2.81. The molecule has 88 valence electrons. The van der Waals surface area contributed by atoms with Crippen LogP contribution in [0.25, 0.3) is 0 Å². The van der Waals surface area contributed by atoms with Gasteiger partial charge in [-0.1, -0.05) is 17.2 Å². The fourth-order valence-electron chi connectivity index (χ4n) is 1.41. The van der Waals surface area contributed by atoms with Crippen molar-refractivity contribution in [1.29, 1.82) is 0 Å². The van der Waals surface area contributed by atoms with Gasteiger partial charge in [0.2, 0.25) is 0 Å². The van der Waals surface area contributed by atoms with E-state index < -0.39 is 11.8 Å². The van der Waals surface area contributed by atoms with Crippen LogP contribution in [0, 0.1) is 0 Å². The predicted octanol–water partition coefficient (Wildman–Crippen LogP) is 1.06. The first-order valence-electron chi connectivity index (χ1n) is 4.89. The van der Waals surface area contributed by atoms with E-state index in [9.17, 15) is 9.59 Å². The molecule has 0 unspecified atom stereocenters. The second-order valence-electron chi connectivity index (χ2n) is 3.70. The number of imide groups is 1. The number of carbonyl (C=O) groups excluding carboxylic acids is 2. The van der Waals surface area contributed by atoms with Crippen molar-refractivity contribution in [1.82, 2.24) is 9.96 Å². The molecule has 0 saturated carbocycles. The molecule has 1 aromatic rings. The van der Waals surface area contributed by atoms with E-state index in [-0.39, 0.29) is 5.17 Å². The minimum Gasteiger partial charge on any atom is -0.338 e. The van der Waals surface area contributed by atoms with Gasteiger partial charge in [-0.15, -0.1) is 0 Å². The maximum Gasteiger partial charge on any atom is 0.295 e. The molecule has 6 heteroatoms. The van der Waals surface area contributed by atoms with E-state index in [0.717, 1.165) is 0 Å². The van der Waals surface area contributed by atoms with Crippen molar-refractivity contribution in [2.45, 2.75) is 0 Å². The Bertz CT molecular complexity index is 478. The van der Waals surface area contributed by atoms with Crippen molar-refractivity contribution >= 4 is 29.2 Å². The quantitative estimate of drug-likeness (QED) is 0.551. The monoisotopic (exact) mass is 250 g/mol. The summed E-state index contributed by atoms with van der Waals surface area (Å²) in [4.78, 5) is 30.3. The van der Waals surface area contributed by atoms with Crippen LogP contribution in [0.4, 0.5) is 0 Å². The van der Waals surface area contributed by atoms with Gasteiger partial charge in [-0.05, 0) is 24.4 Å². The standard InChI is InChI=1S/C11H10N2O3S/c1-12(2)11(17)16-13-9(14)7-5-3-4-6-8(7)10(13)15/h3-6H,1-2H3. The van der Waals surface area contributed by atoms with Crippen LogP contribution in [0.5, 0.6) is 0 Å². The fourth-order valence-corrected chi connectivity index (χ4v) is 1.48. The lowest BCUT2D eigenvalue weighted by molar-refractivity contribution is -0.0274. The van der Waals surface area contributed by atoms with Crippen LogP contribution in [0.3, 0.4) is 0 Å². The molecule has 0 bridgehead atoms. The van der Waals surface area contributed by atoms with Gasteiger partial charge in [-0.2, -0.15) is 0 Å². The molecule has 0 aromatic heterocycles. The van der Waals surface area contributed by atoms with Gasteiger partial charge in [0.05, 0.1) is 11.1 Å². The molecule has 1 heterocycles. The number of hydrogen-bond donors (Lipinski definition) is 0. The highest BCUT2D eigenvalue weighted by Crippen LogP contribution is 2.22. The van der Waals surface area contributed by atoms with Crippen molar-refractivity contribution in [3.63, 3.8) is 0 Å². The molecule has 0 aliphatic carbocycles. The molecule has 1 aliphatic heterocycles. The maximum absolute atomic E-state index is 11.9. The predicted molar refractivity (Wildman–Crippen MR) is 64.3 cm³/mol. The average Bonchev–Trinajstić information content (AvgIpc) is 2.55. The highest BCUT2D eigenvalue weighted by Gasteiger charge is 2.38. The Hall–Kier alpha value is -1.95. The molecule has 1 aliphatic rings. The number of thiocarbonyl (C=S) groups is 1. The van der Waals surface area contributed by atoms with Crippen LogP contribution in [0.2, 0.25) is 0 Å². The lowest BCUT2D eigenvalue weighted by atomic mass is 10.1. The normalized spacial score (nSPS) is 13.6. The van der Waals surface area contributed by atoms with Crippen molar-refractivity contribution in [3.05, 3.63) is 35.4 Å². The molecule has 5 nitrogen and oxygen atoms in total. The lowest BCUT2D eigenvalue weighted by Crippen LogP contribution is -2.36. The first-order chi connectivity index (χ1) is 8.02. The second kappa shape index (κ2) is 4.14. The number of carbonyl (C=O) groups is 2. The molecule has 1 aromatic carbocycles. The number of fused-ring (bicyclic) bond motifs is 1. The molecule has 0 N–H and O–H groups in total. The molecule has 17 heavy (non-hydrogen) atoms. The maximum atomic E-state index is 11.9. The fraction of sp³-hybridized carbons (Fsp3) is 0.182. The van der Waals surface area contributed by atoms with E-state index in [1.165, 1.54) is 4.90 Å². The summed E-state index contributed by atoms with van der Waals surface area (Å²) in [6.45, 7) is 0. The summed E-state index contributed by atoms with van der Waals surface area (Å²) in [6, 6.07) is 6.55. The summed E-state index contributed by atoms with van der Waals surface area (Å²) in [5.41, 5.74) is 0.665. The van der Waals surface area contributed by atoms with Gasteiger partial charge >= 0.3 is 0 Å². The van der Waals surface area contributed by atoms with Gasteiger partial charge in [0.15, 0.2) is 0 Å². The van der Waals surface area contributed by atoms with Crippen LogP contribution >= 0.6 is 12.2 Å². The number of amides is 2. The summed E-state index contributed by atoms with van der Waals surface area (Å²) in [5.74, 6) is -0.982. The van der Waals surface area contributed by atoms with Crippen molar-refractivity contribution in [2.24, 2.45) is 0 Å². The Balaban J connectivity index is 2.28. The van der Waals surface area contributed by atoms with Crippen LogP contribution in [-0.2, 0) is 4.84 Å². The van der Waals surface area contributed by atoms with E-state index in [0.29, 0.717) is 16.2 Å². The van der Waals surface area contributed by atoms with Crippen LogP contribution in [0.15, 0.2) is 24.3 Å². The summed E-state index contributed by atoms with van der Waals surface area (Å²) >= 11 is 4.89. The topological polar surface area (TPSA) is 49.9 Å². The molecule has 0 radical (unpaired) electrons. The number of hydroxylamine groups is 2.